The molecule has 11 nitrogen and oxygen atoms in total. The molecule has 7 N–H and O–H groups in total. The lowest BCUT2D eigenvalue weighted by molar-refractivity contribution is -0.132. The van der Waals surface area contributed by atoms with E-state index in [4.69, 9.17) is 23.1 Å². The molecule has 2 amide bonds. The van der Waals surface area contributed by atoms with E-state index in [9.17, 15) is 18.0 Å². The average Bonchev–Trinajstić information content (AvgIpc) is 3.31. The summed E-state index contributed by atoms with van der Waals surface area (Å²) in [6, 6.07) is 12.7. The van der Waals surface area contributed by atoms with Crippen LogP contribution in [-0.4, -0.2) is 87.4 Å². The molecule has 2 saturated heterocycles. The SMILES string of the molecule is NCc1ccc(Cl)cc1CNC(=O)[C@@H]1C[C@H](N)CN1C[C@@H](CC(=O)N1CCNCC1)NS(=O)(=O)Cc1ccccc1. The fourth-order valence-corrected chi connectivity index (χ4v) is 7.02. The van der Waals surface area contributed by atoms with Gasteiger partial charge in [-0.1, -0.05) is 48.0 Å². The molecule has 4 rings (SSSR count). The fraction of sp³-hybridized carbons (Fsp3) is 0.500. The van der Waals surface area contributed by atoms with Gasteiger partial charge in [0.2, 0.25) is 21.8 Å². The van der Waals surface area contributed by atoms with Crippen LogP contribution in [0.4, 0.5) is 0 Å². The Bertz CT molecular complexity index is 1290. The van der Waals surface area contributed by atoms with Crippen molar-refractivity contribution in [2.45, 2.75) is 49.8 Å². The Labute approximate surface area is 247 Å². The number of halogens is 1. The Hall–Kier alpha value is -2.58. The van der Waals surface area contributed by atoms with E-state index >= 15 is 0 Å². The second-order valence-electron chi connectivity index (χ2n) is 10.7. The van der Waals surface area contributed by atoms with Crippen LogP contribution in [0.15, 0.2) is 48.5 Å². The van der Waals surface area contributed by atoms with Gasteiger partial charge in [-0.3, -0.25) is 14.5 Å². The summed E-state index contributed by atoms with van der Waals surface area (Å²) in [6.45, 7) is 3.65. The largest absolute Gasteiger partial charge is 0.351 e. The van der Waals surface area contributed by atoms with Gasteiger partial charge in [-0.25, -0.2) is 13.1 Å². The molecular weight excluding hydrogens is 566 g/mol. The highest BCUT2D eigenvalue weighted by Crippen LogP contribution is 2.20. The maximum Gasteiger partial charge on any atom is 0.237 e. The molecule has 2 aliphatic heterocycles. The Morgan fingerprint density at radius 3 is 2.54 bits per heavy atom. The molecule has 2 aromatic carbocycles. The van der Waals surface area contributed by atoms with Crippen molar-refractivity contribution in [1.82, 2.24) is 25.2 Å². The molecule has 0 aliphatic carbocycles. The van der Waals surface area contributed by atoms with E-state index in [-0.39, 0.29) is 43.1 Å². The third-order valence-electron chi connectivity index (χ3n) is 7.47. The van der Waals surface area contributed by atoms with E-state index in [0.717, 1.165) is 11.1 Å². The van der Waals surface area contributed by atoms with Crippen LogP contribution >= 0.6 is 11.6 Å². The number of carbonyl (C=O) groups is 2. The minimum absolute atomic E-state index is 0.0174. The van der Waals surface area contributed by atoms with Crippen molar-refractivity contribution in [1.29, 1.82) is 0 Å². The molecular formula is C28H40ClN7O4S. The summed E-state index contributed by atoms with van der Waals surface area (Å²) in [5, 5.41) is 6.74. The van der Waals surface area contributed by atoms with Gasteiger partial charge in [0.1, 0.15) is 0 Å². The fourth-order valence-electron chi connectivity index (χ4n) is 5.44. The molecule has 2 heterocycles. The highest BCUT2D eigenvalue weighted by atomic mass is 35.5. The highest BCUT2D eigenvalue weighted by molar-refractivity contribution is 7.88. The van der Waals surface area contributed by atoms with Crippen LogP contribution in [-0.2, 0) is 38.5 Å². The van der Waals surface area contributed by atoms with Gasteiger partial charge >= 0.3 is 0 Å². The Kier molecular flexibility index (Phi) is 11.1. The van der Waals surface area contributed by atoms with Crippen molar-refractivity contribution in [3.05, 3.63) is 70.2 Å². The first-order valence-electron chi connectivity index (χ1n) is 13.9. The zero-order valence-electron chi connectivity index (χ0n) is 23.1. The molecule has 0 bridgehead atoms. The number of benzene rings is 2. The first-order valence-corrected chi connectivity index (χ1v) is 15.9. The van der Waals surface area contributed by atoms with Crippen LogP contribution in [0.1, 0.15) is 29.5 Å². The van der Waals surface area contributed by atoms with Gasteiger partial charge in [0.25, 0.3) is 0 Å². The minimum Gasteiger partial charge on any atom is -0.351 e. The summed E-state index contributed by atoms with van der Waals surface area (Å²) < 4.78 is 29.1. The molecule has 2 aliphatic rings. The minimum atomic E-state index is -3.78. The van der Waals surface area contributed by atoms with Crippen LogP contribution in [0, 0.1) is 0 Å². The quantitative estimate of drug-likeness (QED) is 0.228. The van der Waals surface area contributed by atoms with Crippen molar-refractivity contribution < 1.29 is 18.0 Å². The summed E-state index contributed by atoms with van der Waals surface area (Å²) >= 11 is 6.15. The Balaban J connectivity index is 1.47. The van der Waals surface area contributed by atoms with Gasteiger partial charge in [-0.05, 0) is 35.2 Å². The number of nitrogens with two attached hydrogens (primary N) is 2. The predicted octanol–water partition coefficient (Wildman–Crippen LogP) is 0.127. The average molecular weight is 606 g/mol. The molecule has 2 aromatic rings. The first-order chi connectivity index (χ1) is 19.6. The zero-order valence-corrected chi connectivity index (χ0v) is 24.7. The van der Waals surface area contributed by atoms with Crippen molar-refractivity contribution in [3.8, 4) is 0 Å². The van der Waals surface area contributed by atoms with E-state index < -0.39 is 22.1 Å². The van der Waals surface area contributed by atoms with Crippen LogP contribution in [0.5, 0.6) is 0 Å². The molecule has 2 fully saturated rings. The molecule has 0 radical (unpaired) electrons. The number of rotatable bonds is 12. The van der Waals surface area contributed by atoms with E-state index in [2.05, 4.69) is 15.4 Å². The predicted molar refractivity (Wildman–Crippen MR) is 159 cm³/mol. The third-order valence-corrected chi connectivity index (χ3v) is 9.11. The number of nitrogens with zero attached hydrogens (tertiary/aromatic N) is 2. The smallest absolute Gasteiger partial charge is 0.237 e. The maximum atomic E-state index is 13.3. The number of nitrogens with one attached hydrogen (secondary N) is 3. The van der Waals surface area contributed by atoms with Crippen LogP contribution in [0.2, 0.25) is 5.02 Å². The van der Waals surface area contributed by atoms with Crippen molar-refractivity contribution in [2.24, 2.45) is 11.5 Å². The van der Waals surface area contributed by atoms with Gasteiger partial charge in [-0.15, -0.1) is 0 Å². The van der Waals surface area contributed by atoms with Gasteiger partial charge < -0.3 is 27.0 Å². The standard InChI is InChI=1S/C28H40ClN7O4S/c29-23-7-6-21(15-30)22(12-23)16-33-28(38)26-13-24(31)17-36(26)18-25(14-27(37)35-10-8-32-9-11-35)34-41(39,40)19-20-4-2-1-3-5-20/h1-7,12,24-26,32,34H,8-11,13-19,30-31H2,(H,33,38)/t24-,25+,26-/m0/s1. The first kappa shape index (κ1) is 31.4. The Morgan fingerprint density at radius 2 is 1.83 bits per heavy atom. The van der Waals surface area contributed by atoms with E-state index in [1.54, 1.807) is 41.3 Å². The number of sulfonamides is 1. The second-order valence-corrected chi connectivity index (χ2v) is 12.9. The number of hydrogen-bond acceptors (Lipinski definition) is 8. The van der Waals surface area contributed by atoms with E-state index in [1.165, 1.54) is 0 Å². The van der Waals surface area contributed by atoms with Crippen molar-refractivity contribution in [3.63, 3.8) is 0 Å². The van der Waals surface area contributed by atoms with Crippen LogP contribution < -0.4 is 26.8 Å². The Morgan fingerprint density at radius 1 is 1.10 bits per heavy atom. The van der Waals surface area contributed by atoms with Crippen LogP contribution in [0.25, 0.3) is 0 Å². The van der Waals surface area contributed by atoms with Crippen molar-refractivity contribution in [2.75, 3.05) is 39.3 Å². The molecule has 224 valence electrons. The normalized spacial score (nSPS) is 20.6. The van der Waals surface area contributed by atoms with E-state index in [1.807, 2.05) is 17.0 Å². The zero-order chi connectivity index (χ0) is 29.4. The van der Waals surface area contributed by atoms with Gasteiger partial charge in [0.05, 0.1) is 11.8 Å². The van der Waals surface area contributed by atoms with Gasteiger partial charge in [-0.2, -0.15) is 0 Å². The third kappa shape index (κ3) is 9.20. The molecule has 41 heavy (non-hydrogen) atoms. The summed E-state index contributed by atoms with van der Waals surface area (Å²) in [5.41, 5.74) is 14.5. The summed E-state index contributed by atoms with van der Waals surface area (Å²) in [4.78, 5) is 30.1. The summed E-state index contributed by atoms with van der Waals surface area (Å²) in [6.07, 6.45) is 0.400. The van der Waals surface area contributed by atoms with E-state index in [0.29, 0.717) is 56.3 Å². The van der Waals surface area contributed by atoms with Gasteiger partial charge in [0.15, 0.2) is 0 Å². The molecule has 0 saturated carbocycles. The highest BCUT2D eigenvalue weighted by Gasteiger charge is 2.37. The number of hydrogen-bond donors (Lipinski definition) is 5. The lowest BCUT2D eigenvalue weighted by Crippen LogP contribution is -2.52. The second kappa shape index (κ2) is 14.5. The lowest BCUT2D eigenvalue weighted by atomic mass is 10.1. The number of piperazine rings is 1. The van der Waals surface area contributed by atoms with Crippen LogP contribution in [0.3, 0.4) is 0 Å². The summed E-state index contributed by atoms with van der Waals surface area (Å²) in [7, 11) is -3.78. The molecule has 3 atom stereocenters. The monoisotopic (exact) mass is 605 g/mol. The molecule has 0 unspecified atom stereocenters. The van der Waals surface area contributed by atoms with Crippen molar-refractivity contribution >= 4 is 33.4 Å². The molecule has 0 spiro atoms. The lowest BCUT2D eigenvalue weighted by Gasteiger charge is -2.32. The summed E-state index contributed by atoms with van der Waals surface area (Å²) in [5.74, 6) is -0.558. The number of carbonyl (C=O) groups excluding carboxylic acids is 2. The van der Waals surface area contributed by atoms with Gasteiger partial charge in [0, 0.05) is 75.9 Å². The maximum absolute atomic E-state index is 13.3. The topological polar surface area (TPSA) is 163 Å². The molecule has 0 aromatic heterocycles. The number of likely N-dealkylation sites (tertiary alicyclic amines) is 1. The number of amides is 2. The molecule has 13 heteroatoms.